The van der Waals surface area contributed by atoms with E-state index in [1.165, 1.54) is 36.3 Å². The fourth-order valence-electron chi connectivity index (χ4n) is 2.72. The van der Waals surface area contributed by atoms with Crippen LogP contribution in [-0.4, -0.2) is 23.6 Å². The Morgan fingerprint density at radius 3 is 2.24 bits per heavy atom. The predicted octanol–water partition coefficient (Wildman–Crippen LogP) is 5.26. The van der Waals surface area contributed by atoms with E-state index in [2.05, 4.69) is 82.0 Å². The van der Waals surface area contributed by atoms with Gasteiger partial charge in [0.2, 0.25) is 0 Å². The molecule has 1 N–H and O–H groups in total. The molecule has 0 bridgehead atoms. The molecule has 0 saturated carbocycles. The average molecular weight is 308 g/mol. The Bertz CT molecular complexity index is 382. The van der Waals surface area contributed by atoms with Crippen molar-refractivity contribution in [2.45, 2.75) is 64.8 Å². The third-order valence-electron chi connectivity index (χ3n) is 4.17. The second kappa shape index (κ2) is 8.85. The number of rotatable bonds is 9. The highest BCUT2D eigenvalue weighted by molar-refractivity contribution is 7.99. The van der Waals surface area contributed by atoms with Crippen molar-refractivity contribution in [3.05, 3.63) is 35.9 Å². The summed E-state index contributed by atoms with van der Waals surface area (Å²) in [7, 11) is 0. The smallest absolute Gasteiger partial charge is 0.00968 e. The summed E-state index contributed by atoms with van der Waals surface area (Å²) in [4.78, 5) is 0. The highest BCUT2D eigenvalue weighted by atomic mass is 32.2. The molecule has 0 heterocycles. The lowest BCUT2D eigenvalue weighted by Gasteiger charge is -2.37. The van der Waals surface area contributed by atoms with E-state index in [0.717, 1.165) is 6.54 Å². The fourth-order valence-corrected chi connectivity index (χ4v) is 3.36. The first-order valence-electron chi connectivity index (χ1n) is 8.32. The van der Waals surface area contributed by atoms with Gasteiger partial charge >= 0.3 is 0 Å². The summed E-state index contributed by atoms with van der Waals surface area (Å²) in [5, 5.41) is 3.75. The van der Waals surface area contributed by atoms with E-state index in [0.29, 0.717) is 0 Å². The molecule has 1 atom stereocenters. The van der Waals surface area contributed by atoms with Gasteiger partial charge in [-0.15, -0.1) is 0 Å². The van der Waals surface area contributed by atoms with E-state index in [4.69, 9.17) is 0 Å². The number of hydrogen-bond acceptors (Lipinski definition) is 2. The first-order chi connectivity index (χ1) is 9.93. The number of benzene rings is 1. The normalized spacial score (nSPS) is 14.9. The third kappa shape index (κ3) is 6.44. The van der Waals surface area contributed by atoms with Crippen molar-refractivity contribution in [1.82, 2.24) is 5.32 Å². The highest BCUT2D eigenvalue weighted by Crippen LogP contribution is 2.33. The van der Waals surface area contributed by atoms with Crippen molar-refractivity contribution < 1.29 is 0 Å². The van der Waals surface area contributed by atoms with Crippen LogP contribution in [0.3, 0.4) is 0 Å². The van der Waals surface area contributed by atoms with Crippen molar-refractivity contribution in [3.8, 4) is 0 Å². The molecule has 0 aliphatic heterocycles. The minimum Gasteiger partial charge on any atom is -0.311 e. The van der Waals surface area contributed by atoms with Gasteiger partial charge in [-0.25, -0.2) is 0 Å². The van der Waals surface area contributed by atoms with Crippen LogP contribution in [0.2, 0.25) is 0 Å². The van der Waals surface area contributed by atoms with E-state index < -0.39 is 0 Å². The molecule has 0 aliphatic rings. The molecule has 0 spiro atoms. The van der Waals surface area contributed by atoms with Crippen molar-refractivity contribution in [2.24, 2.45) is 0 Å². The van der Waals surface area contributed by atoms with E-state index in [-0.39, 0.29) is 11.0 Å². The van der Waals surface area contributed by atoms with Gasteiger partial charge < -0.3 is 5.32 Å². The number of nitrogens with one attached hydrogen (secondary N) is 1. The summed E-state index contributed by atoms with van der Waals surface area (Å²) in [6.45, 7) is 12.4. The lowest BCUT2D eigenvalue weighted by atomic mass is 9.74. The second-order valence-corrected chi connectivity index (χ2v) is 8.30. The largest absolute Gasteiger partial charge is 0.311 e. The van der Waals surface area contributed by atoms with Gasteiger partial charge in [0.1, 0.15) is 0 Å². The molecule has 0 amide bonds. The molecule has 21 heavy (non-hydrogen) atoms. The summed E-state index contributed by atoms with van der Waals surface area (Å²) >= 11 is 2.06. The van der Waals surface area contributed by atoms with Gasteiger partial charge in [-0.05, 0) is 57.1 Å². The van der Waals surface area contributed by atoms with Gasteiger partial charge in [0.15, 0.2) is 0 Å². The van der Waals surface area contributed by atoms with E-state index >= 15 is 0 Å². The maximum Gasteiger partial charge on any atom is 0.00968 e. The van der Waals surface area contributed by atoms with Crippen LogP contribution in [0, 0.1) is 0 Å². The van der Waals surface area contributed by atoms with Crippen LogP contribution in [0.5, 0.6) is 0 Å². The fraction of sp³-hybridized carbons (Fsp3) is 0.684. The maximum atomic E-state index is 3.75. The molecule has 1 aromatic carbocycles. The molecule has 0 fully saturated rings. The van der Waals surface area contributed by atoms with Gasteiger partial charge in [-0.1, -0.05) is 44.2 Å². The molecular formula is C19H33NS. The van der Waals surface area contributed by atoms with Crippen LogP contribution >= 0.6 is 11.8 Å². The molecule has 1 rings (SSSR count). The van der Waals surface area contributed by atoms with Crippen molar-refractivity contribution in [2.75, 3.05) is 18.1 Å². The molecule has 0 radical (unpaired) electrons. The second-order valence-electron chi connectivity index (χ2n) is 6.90. The average Bonchev–Trinajstić information content (AvgIpc) is 2.47. The van der Waals surface area contributed by atoms with Crippen molar-refractivity contribution in [3.63, 3.8) is 0 Å². The zero-order valence-electron chi connectivity index (χ0n) is 14.5. The summed E-state index contributed by atoms with van der Waals surface area (Å²) in [6, 6.07) is 11.1. The monoisotopic (exact) mass is 307 g/mol. The zero-order chi connectivity index (χ0) is 15.8. The molecule has 1 aromatic rings. The Labute approximate surface area is 136 Å². The van der Waals surface area contributed by atoms with Gasteiger partial charge in [0, 0.05) is 17.5 Å². The minimum absolute atomic E-state index is 0.174. The first kappa shape index (κ1) is 18.6. The summed E-state index contributed by atoms with van der Waals surface area (Å²) in [5.74, 6) is 2.51. The Morgan fingerprint density at radius 2 is 1.71 bits per heavy atom. The summed E-state index contributed by atoms with van der Waals surface area (Å²) < 4.78 is 0. The van der Waals surface area contributed by atoms with Gasteiger partial charge in [0.05, 0.1) is 0 Å². The maximum absolute atomic E-state index is 3.75. The van der Waals surface area contributed by atoms with Crippen LogP contribution in [0.4, 0.5) is 0 Å². The number of hydrogen-bond donors (Lipinski definition) is 1. The number of thioether (sulfide) groups is 1. The van der Waals surface area contributed by atoms with E-state index in [1.54, 1.807) is 0 Å². The summed E-state index contributed by atoms with van der Waals surface area (Å²) in [5.41, 5.74) is 1.93. The Hall–Kier alpha value is -0.470. The van der Waals surface area contributed by atoms with Crippen molar-refractivity contribution >= 4 is 11.8 Å². The molecule has 120 valence electrons. The van der Waals surface area contributed by atoms with Gasteiger partial charge in [0.25, 0.3) is 0 Å². The van der Waals surface area contributed by atoms with E-state index in [9.17, 15) is 0 Å². The summed E-state index contributed by atoms with van der Waals surface area (Å²) in [6.07, 6.45) is 3.76. The first-order valence-corrected chi connectivity index (χ1v) is 9.47. The van der Waals surface area contributed by atoms with Crippen LogP contribution in [0.1, 0.15) is 59.4 Å². The molecule has 0 saturated heterocycles. The molecule has 1 nitrogen and oxygen atoms in total. The van der Waals surface area contributed by atoms with Crippen molar-refractivity contribution in [1.29, 1.82) is 0 Å². The molecule has 0 aromatic heterocycles. The van der Waals surface area contributed by atoms with E-state index in [1.807, 2.05) is 0 Å². The van der Waals surface area contributed by atoms with Gasteiger partial charge in [-0.2, -0.15) is 11.8 Å². The molecule has 2 heteroatoms. The Morgan fingerprint density at radius 1 is 1.05 bits per heavy atom. The van der Waals surface area contributed by atoms with Crippen LogP contribution in [0.25, 0.3) is 0 Å². The van der Waals surface area contributed by atoms with Crippen LogP contribution < -0.4 is 5.32 Å². The molecule has 0 aliphatic carbocycles. The quantitative estimate of drug-likeness (QED) is 0.625. The van der Waals surface area contributed by atoms with Crippen LogP contribution in [-0.2, 0) is 5.41 Å². The lowest BCUT2D eigenvalue weighted by Crippen LogP contribution is -2.46. The van der Waals surface area contributed by atoms with Gasteiger partial charge in [-0.3, -0.25) is 0 Å². The Kier molecular flexibility index (Phi) is 7.83. The Balaban J connectivity index is 2.85. The topological polar surface area (TPSA) is 12.0 Å². The molecule has 1 unspecified atom stereocenters. The SMILES string of the molecule is CCSCCCC(CC)(CNC(C)(C)C)c1ccccc1. The zero-order valence-corrected chi connectivity index (χ0v) is 15.4. The molecular weight excluding hydrogens is 274 g/mol. The van der Waals surface area contributed by atoms with Crippen LogP contribution in [0.15, 0.2) is 30.3 Å². The minimum atomic E-state index is 0.174. The lowest BCUT2D eigenvalue weighted by molar-refractivity contribution is 0.303. The predicted molar refractivity (Wildman–Crippen MR) is 98.4 cm³/mol. The highest BCUT2D eigenvalue weighted by Gasteiger charge is 2.30. The standard InChI is InChI=1S/C19H33NS/c1-6-19(14-11-15-21-7-2,16-20-18(3,4)5)17-12-9-8-10-13-17/h8-10,12-13,20H,6-7,11,14-16H2,1-5H3. The third-order valence-corrected chi connectivity index (χ3v) is 5.15.